The van der Waals surface area contributed by atoms with Crippen molar-refractivity contribution in [1.82, 2.24) is 9.46 Å². The number of nitrogens with one attached hydrogen (secondary N) is 1. The van der Waals surface area contributed by atoms with Gasteiger partial charge in [0.25, 0.3) is 0 Å². The summed E-state index contributed by atoms with van der Waals surface area (Å²) in [4.78, 5) is 13.1. The number of hydrogen-bond acceptors (Lipinski definition) is 5. The number of hydrogen-bond donors (Lipinski definition) is 1. The Morgan fingerprint density at radius 2 is 1.83 bits per heavy atom. The third-order valence-electron chi connectivity index (χ3n) is 6.43. The van der Waals surface area contributed by atoms with Crippen LogP contribution in [0.25, 0.3) is 12.2 Å². The van der Waals surface area contributed by atoms with Crippen molar-refractivity contribution in [3.63, 3.8) is 0 Å². The molecular weight excluding hydrogens is 481 g/mol. The molecule has 1 N–H and O–H groups in total. The van der Waals surface area contributed by atoms with Crippen molar-refractivity contribution in [1.29, 1.82) is 0 Å². The number of rotatable bonds is 6. The maximum absolute atomic E-state index is 14.0. The molecule has 3 aromatic rings. The number of anilines is 1. The zero-order valence-corrected chi connectivity index (χ0v) is 21.7. The molecule has 0 bridgehead atoms. The Balaban J connectivity index is 1.55. The van der Waals surface area contributed by atoms with Crippen molar-refractivity contribution < 1.29 is 22.1 Å². The van der Waals surface area contributed by atoms with E-state index in [1.165, 1.54) is 22.5 Å². The van der Waals surface area contributed by atoms with Crippen LogP contribution < -0.4 is 5.32 Å². The number of benzene rings is 2. The quantitative estimate of drug-likeness (QED) is 0.488. The van der Waals surface area contributed by atoms with Crippen LogP contribution in [0.15, 0.2) is 45.8 Å². The molecule has 4 rings (SSSR count). The highest BCUT2D eigenvalue weighted by molar-refractivity contribution is 7.89. The number of amides is 1. The van der Waals surface area contributed by atoms with Gasteiger partial charge in [-0.05, 0) is 69.9 Å². The van der Waals surface area contributed by atoms with Gasteiger partial charge < -0.3 is 9.84 Å². The average Bonchev–Trinajstić information content (AvgIpc) is 3.21. The Labute approximate surface area is 211 Å². The number of halogens is 1. The second-order valence-electron chi connectivity index (χ2n) is 9.28. The zero-order chi connectivity index (χ0) is 26.0. The van der Waals surface area contributed by atoms with Gasteiger partial charge in [-0.3, -0.25) is 4.79 Å². The van der Waals surface area contributed by atoms with Gasteiger partial charge in [0, 0.05) is 24.3 Å². The molecule has 1 aromatic heterocycles. The third-order valence-corrected chi connectivity index (χ3v) is 8.45. The first-order chi connectivity index (χ1) is 17.1. The Hall–Kier alpha value is -3.30. The molecule has 1 atom stereocenters. The Kier molecular flexibility index (Phi) is 7.42. The molecule has 2 heterocycles. The molecule has 9 heteroatoms. The summed E-state index contributed by atoms with van der Waals surface area (Å²) in [6.07, 6.45) is 3.99. The van der Waals surface area contributed by atoms with Crippen LogP contribution in [-0.4, -0.2) is 36.9 Å². The summed E-state index contributed by atoms with van der Waals surface area (Å²) in [6, 6.07) is 10.2. The first kappa shape index (κ1) is 25.8. The van der Waals surface area contributed by atoms with Gasteiger partial charge in [-0.25, -0.2) is 12.8 Å². The van der Waals surface area contributed by atoms with E-state index in [0.717, 1.165) is 22.4 Å². The number of carbonyl (C=O) groups is 1. The number of carbonyl (C=O) groups excluding carboxylic acids is 1. The minimum absolute atomic E-state index is 0.0215. The van der Waals surface area contributed by atoms with Crippen molar-refractivity contribution in [3.8, 4) is 0 Å². The van der Waals surface area contributed by atoms with Crippen molar-refractivity contribution in [2.75, 3.05) is 18.4 Å². The minimum atomic E-state index is -4.00. The van der Waals surface area contributed by atoms with Crippen LogP contribution in [0.3, 0.4) is 0 Å². The molecule has 1 unspecified atom stereocenters. The fourth-order valence-corrected chi connectivity index (χ4v) is 6.45. The molecular formula is C27H30FN3O4S. The van der Waals surface area contributed by atoms with E-state index in [0.29, 0.717) is 18.4 Å². The molecule has 36 heavy (non-hydrogen) atoms. The van der Waals surface area contributed by atoms with Crippen LogP contribution in [0.1, 0.15) is 46.5 Å². The lowest BCUT2D eigenvalue weighted by Crippen LogP contribution is -2.44. The summed E-state index contributed by atoms with van der Waals surface area (Å²) < 4.78 is 47.9. The van der Waals surface area contributed by atoms with Crippen molar-refractivity contribution in [2.45, 2.75) is 45.4 Å². The summed E-state index contributed by atoms with van der Waals surface area (Å²) in [7, 11) is -4.00. The van der Waals surface area contributed by atoms with Gasteiger partial charge in [-0.1, -0.05) is 41.1 Å². The molecule has 0 radical (unpaired) electrons. The van der Waals surface area contributed by atoms with Crippen molar-refractivity contribution in [2.24, 2.45) is 5.92 Å². The van der Waals surface area contributed by atoms with Crippen molar-refractivity contribution >= 4 is 33.8 Å². The molecule has 1 aliphatic rings. The lowest BCUT2D eigenvalue weighted by atomic mass is 9.98. The third kappa shape index (κ3) is 5.27. The molecule has 2 aromatic carbocycles. The molecule has 1 saturated heterocycles. The molecule has 0 aliphatic carbocycles. The maximum Gasteiger partial charge on any atom is 0.248 e. The second-order valence-corrected chi connectivity index (χ2v) is 11.2. The van der Waals surface area contributed by atoms with Crippen LogP contribution in [0, 0.1) is 39.4 Å². The Bertz CT molecular complexity index is 1410. The van der Waals surface area contributed by atoms with E-state index >= 15 is 0 Å². The van der Waals surface area contributed by atoms with E-state index in [2.05, 4.69) is 10.5 Å². The summed E-state index contributed by atoms with van der Waals surface area (Å²) in [5.41, 5.74) is 4.31. The van der Waals surface area contributed by atoms with E-state index in [1.54, 1.807) is 25.1 Å². The average molecular weight is 512 g/mol. The number of aromatic nitrogens is 1. The normalized spacial score (nSPS) is 17.0. The summed E-state index contributed by atoms with van der Waals surface area (Å²) in [5, 5.41) is 6.85. The molecule has 0 spiro atoms. The van der Waals surface area contributed by atoms with Gasteiger partial charge in [-0.15, -0.1) is 0 Å². The summed E-state index contributed by atoms with van der Waals surface area (Å²) in [6.45, 7) is 7.78. The first-order valence-electron chi connectivity index (χ1n) is 11.9. The van der Waals surface area contributed by atoms with Crippen LogP contribution in [-0.2, 0) is 14.8 Å². The highest BCUT2D eigenvalue weighted by Crippen LogP contribution is 2.30. The predicted octanol–water partition coefficient (Wildman–Crippen LogP) is 5.26. The van der Waals surface area contributed by atoms with E-state index in [1.807, 2.05) is 32.9 Å². The first-order valence-corrected chi connectivity index (χ1v) is 13.3. The standard InChI is InChI=1S/C27H30FN3O4S/c1-17-14-18(2)25(19(3)15-17)29-27(32)22-9-7-13-31(16-22)36(33,34)26-20(4)30-35-24(26)12-11-21-8-5-6-10-23(21)28/h5-6,8,10-12,14-15,22H,7,9,13,16H2,1-4H3,(H,29,32)/b12-11+. The van der Waals surface area contributed by atoms with Gasteiger partial charge in [0.1, 0.15) is 11.5 Å². The molecule has 1 fully saturated rings. The van der Waals surface area contributed by atoms with E-state index in [-0.39, 0.29) is 35.3 Å². The Morgan fingerprint density at radius 1 is 1.14 bits per heavy atom. The van der Waals surface area contributed by atoms with E-state index in [4.69, 9.17) is 4.52 Å². The fourth-order valence-electron chi connectivity index (χ4n) is 4.68. The highest BCUT2D eigenvalue weighted by atomic mass is 32.2. The van der Waals surface area contributed by atoms with Crippen LogP contribution in [0.5, 0.6) is 0 Å². The lowest BCUT2D eigenvalue weighted by molar-refractivity contribution is -0.120. The number of aryl methyl sites for hydroxylation is 4. The smallest absolute Gasteiger partial charge is 0.248 e. The monoisotopic (exact) mass is 511 g/mol. The largest absolute Gasteiger partial charge is 0.355 e. The number of sulfonamides is 1. The van der Waals surface area contributed by atoms with Crippen LogP contribution >= 0.6 is 0 Å². The molecule has 190 valence electrons. The van der Waals surface area contributed by atoms with E-state index < -0.39 is 21.8 Å². The molecule has 7 nitrogen and oxygen atoms in total. The summed E-state index contributed by atoms with van der Waals surface area (Å²) in [5.74, 6) is -1.11. The van der Waals surface area contributed by atoms with Gasteiger partial charge in [0.2, 0.25) is 15.9 Å². The SMILES string of the molecule is Cc1cc(C)c(NC(=O)C2CCCN(S(=O)(=O)c3c(C)noc3/C=C/c3ccccc3F)C2)c(C)c1. The van der Waals surface area contributed by atoms with Crippen LogP contribution in [0.4, 0.5) is 10.1 Å². The highest BCUT2D eigenvalue weighted by Gasteiger charge is 2.37. The Morgan fingerprint density at radius 3 is 2.53 bits per heavy atom. The zero-order valence-electron chi connectivity index (χ0n) is 20.8. The molecule has 0 saturated carbocycles. The van der Waals surface area contributed by atoms with Gasteiger partial charge >= 0.3 is 0 Å². The predicted molar refractivity (Wildman–Crippen MR) is 137 cm³/mol. The van der Waals surface area contributed by atoms with Gasteiger partial charge in [-0.2, -0.15) is 4.31 Å². The molecule has 1 aliphatic heterocycles. The number of piperidine rings is 1. The van der Waals surface area contributed by atoms with E-state index in [9.17, 15) is 17.6 Å². The van der Waals surface area contributed by atoms with Crippen molar-refractivity contribution in [3.05, 3.63) is 75.9 Å². The minimum Gasteiger partial charge on any atom is -0.355 e. The molecule has 1 amide bonds. The fraction of sp³-hybridized carbons (Fsp3) is 0.333. The van der Waals surface area contributed by atoms with Gasteiger partial charge in [0.15, 0.2) is 10.7 Å². The number of nitrogens with zero attached hydrogens (tertiary/aromatic N) is 2. The topological polar surface area (TPSA) is 92.5 Å². The lowest BCUT2D eigenvalue weighted by Gasteiger charge is -2.31. The summed E-state index contributed by atoms with van der Waals surface area (Å²) >= 11 is 0. The van der Waals surface area contributed by atoms with Crippen LogP contribution in [0.2, 0.25) is 0 Å². The van der Waals surface area contributed by atoms with Gasteiger partial charge in [0.05, 0.1) is 5.92 Å². The maximum atomic E-state index is 14.0. The second kappa shape index (κ2) is 10.4.